The highest BCUT2D eigenvalue weighted by Gasteiger charge is 2.32. The van der Waals surface area contributed by atoms with E-state index in [1.165, 1.54) is 12.8 Å². The minimum absolute atomic E-state index is 0.0596. The Labute approximate surface area is 194 Å². The van der Waals surface area contributed by atoms with Gasteiger partial charge in [-0.2, -0.15) is 5.10 Å². The molecule has 3 aromatic rings. The highest BCUT2D eigenvalue weighted by Crippen LogP contribution is 2.32. The number of amides is 1. The maximum Gasteiger partial charge on any atom is 0.252 e. The second kappa shape index (κ2) is 8.89. The van der Waals surface area contributed by atoms with Crippen molar-refractivity contribution in [3.63, 3.8) is 0 Å². The van der Waals surface area contributed by atoms with Crippen molar-refractivity contribution >= 4 is 26.8 Å². The Morgan fingerprint density at radius 1 is 1.06 bits per heavy atom. The number of fused-ring (bicyclic) bond motifs is 1. The lowest BCUT2D eigenvalue weighted by Crippen LogP contribution is -2.34. The third kappa shape index (κ3) is 4.53. The van der Waals surface area contributed by atoms with Crippen LogP contribution in [0.2, 0.25) is 0 Å². The Balaban J connectivity index is 1.61. The fourth-order valence-corrected chi connectivity index (χ4v) is 6.85. The molecule has 8 heteroatoms. The summed E-state index contributed by atoms with van der Waals surface area (Å²) < 4.78 is 26.0. The number of nitrogens with zero attached hydrogens (tertiary/aromatic N) is 3. The van der Waals surface area contributed by atoms with E-state index in [9.17, 15) is 13.2 Å². The van der Waals surface area contributed by atoms with Gasteiger partial charge in [0.1, 0.15) is 0 Å². The van der Waals surface area contributed by atoms with E-state index in [1.807, 2.05) is 43.3 Å². The van der Waals surface area contributed by atoms with Gasteiger partial charge in [-0.15, -0.1) is 0 Å². The zero-order valence-electron chi connectivity index (χ0n) is 19.0. The molecule has 33 heavy (non-hydrogen) atoms. The summed E-state index contributed by atoms with van der Waals surface area (Å²) in [6.45, 7) is 1.87. The summed E-state index contributed by atoms with van der Waals surface area (Å²) in [5.41, 5.74) is 3.45. The Morgan fingerprint density at radius 3 is 2.45 bits per heavy atom. The Morgan fingerprint density at radius 2 is 1.79 bits per heavy atom. The second-order valence-electron chi connectivity index (χ2n) is 9.37. The number of rotatable bonds is 4. The van der Waals surface area contributed by atoms with E-state index in [1.54, 1.807) is 4.68 Å². The quantitative estimate of drug-likeness (QED) is 0.581. The van der Waals surface area contributed by atoms with Gasteiger partial charge in [-0.3, -0.25) is 4.79 Å². The zero-order valence-corrected chi connectivity index (χ0v) is 19.8. The summed E-state index contributed by atoms with van der Waals surface area (Å²) in [7, 11) is -3.08. The predicted octanol–water partition coefficient (Wildman–Crippen LogP) is 4.22. The summed E-state index contributed by atoms with van der Waals surface area (Å²) >= 11 is 0. The molecule has 174 valence electrons. The van der Waals surface area contributed by atoms with Crippen LogP contribution >= 0.6 is 0 Å². The van der Waals surface area contributed by atoms with Gasteiger partial charge in [0.25, 0.3) is 5.91 Å². The molecule has 2 aliphatic rings. The number of sulfone groups is 1. The standard InChI is InChI=1S/C25H30N4O3S/c1-17-23-21(25(30)26-19-11-7-2-3-8-12-19)15-22(18-9-5-4-6-10-18)27-24(23)29(28-17)20-13-14-33(31,32)16-20/h4-6,9-10,15,19-20H,2-3,7-8,11-14,16H2,1H3,(H,26,30)/t20-/m1/s1. The van der Waals surface area contributed by atoms with E-state index in [4.69, 9.17) is 4.98 Å². The van der Waals surface area contributed by atoms with Gasteiger partial charge < -0.3 is 5.32 Å². The van der Waals surface area contributed by atoms with E-state index in [0.717, 1.165) is 31.2 Å². The fraction of sp³-hybridized carbons (Fsp3) is 0.480. The molecular weight excluding hydrogens is 436 g/mol. The Kier molecular flexibility index (Phi) is 5.95. The van der Waals surface area contributed by atoms with Gasteiger partial charge in [-0.05, 0) is 32.3 Å². The minimum Gasteiger partial charge on any atom is -0.349 e. The molecule has 1 aliphatic carbocycles. The summed E-state index contributed by atoms with van der Waals surface area (Å²) in [5, 5.41) is 8.67. The van der Waals surface area contributed by atoms with Crippen LogP contribution in [0.15, 0.2) is 36.4 Å². The summed E-state index contributed by atoms with van der Waals surface area (Å²) in [4.78, 5) is 18.4. The lowest BCUT2D eigenvalue weighted by atomic mass is 10.0. The molecule has 0 spiro atoms. The van der Waals surface area contributed by atoms with Crippen molar-refractivity contribution in [2.24, 2.45) is 0 Å². The summed E-state index contributed by atoms with van der Waals surface area (Å²) in [6, 6.07) is 11.5. The molecule has 0 bridgehead atoms. The van der Waals surface area contributed by atoms with E-state index in [2.05, 4.69) is 10.4 Å². The number of hydrogen-bond acceptors (Lipinski definition) is 5. The van der Waals surface area contributed by atoms with E-state index in [0.29, 0.717) is 34.4 Å². The van der Waals surface area contributed by atoms with Gasteiger partial charge in [0.2, 0.25) is 0 Å². The molecule has 1 saturated carbocycles. The molecule has 1 aromatic carbocycles. The average Bonchev–Trinajstić information content (AvgIpc) is 3.21. The van der Waals surface area contributed by atoms with Gasteiger partial charge in [0.05, 0.1) is 39.9 Å². The van der Waals surface area contributed by atoms with Crippen LogP contribution < -0.4 is 5.32 Å². The predicted molar refractivity (Wildman–Crippen MR) is 129 cm³/mol. The number of nitrogens with one attached hydrogen (secondary N) is 1. The van der Waals surface area contributed by atoms with Crippen molar-refractivity contribution in [1.82, 2.24) is 20.1 Å². The smallest absolute Gasteiger partial charge is 0.252 e. The molecule has 2 aromatic heterocycles. The number of carbonyl (C=O) groups excluding carboxylic acids is 1. The van der Waals surface area contributed by atoms with Crippen LogP contribution in [-0.4, -0.2) is 46.6 Å². The molecule has 7 nitrogen and oxygen atoms in total. The normalized spacial score (nSPS) is 21.2. The van der Waals surface area contributed by atoms with Gasteiger partial charge in [-0.1, -0.05) is 56.0 Å². The third-order valence-electron chi connectivity index (χ3n) is 6.90. The average molecular weight is 467 g/mol. The van der Waals surface area contributed by atoms with Crippen molar-refractivity contribution in [2.75, 3.05) is 11.5 Å². The summed E-state index contributed by atoms with van der Waals surface area (Å²) in [6.07, 6.45) is 7.24. The van der Waals surface area contributed by atoms with Crippen LogP contribution in [0.3, 0.4) is 0 Å². The van der Waals surface area contributed by atoms with Crippen LogP contribution in [-0.2, 0) is 9.84 Å². The number of carbonyl (C=O) groups is 1. The first-order valence-electron chi connectivity index (χ1n) is 11.9. The SMILES string of the molecule is Cc1nn([C@@H]2CCS(=O)(=O)C2)c2nc(-c3ccccc3)cc(C(=O)NC3CCCCCC3)c12. The van der Waals surface area contributed by atoms with Crippen molar-refractivity contribution in [3.8, 4) is 11.3 Å². The lowest BCUT2D eigenvalue weighted by Gasteiger charge is -2.17. The van der Waals surface area contributed by atoms with Crippen molar-refractivity contribution in [1.29, 1.82) is 0 Å². The van der Waals surface area contributed by atoms with Crippen molar-refractivity contribution in [3.05, 3.63) is 47.7 Å². The number of aryl methyl sites for hydroxylation is 1. The van der Waals surface area contributed by atoms with E-state index in [-0.39, 0.29) is 29.5 Å². The minimum atomic E-state index is -3.08. The molecule has 1 amide bonds. The van der Waals surface area contributed by atoms with Gasteiger partial charge in [0, 0.05) is 11.6 Å². The van der Waals surface area contributed by atoms with Gasteiger partial charge in [0.15, 0.2) is 15.5 Å². The molecule has 0 unspecified atom stereocenters. The molecule has 1 N–H and O–H groups in total. The number of hydrogen-bond donors (Lipinski definition) is 1. The summed E-state index contributed by atoms with van der Waals surface area (Å²) in [5.74, 6) is 0.114. The van der Waals surface area contributed by atoms with Crippen molar-refractivity contribution < 1.29 is 13.2 Å². The molecule has 3 heterocycles. The first-order valence-corrected chi connectivity index (χ1v) is 13.7. The molecular formula is C25H30N4O3S. The molecule has 1 aliphatic heterocycles. The Hall–Kier alpha value is -2.74. The molecule has 1 saturated heterocycles. The van der Waals surface area contributed by atoms with Crippen LogP contribution in [0.25, 0.3) is 22.3 Å². The number of aromatic nitrogens is 3. The van der Waals surface area contributed by atoms with E-state index < -0.39 is 9.84 Å². The van der Waals surface area contributed by atoms with Gasteiger partial charge >= 0.3 is 0 Å². The number of pyridine rings is 1. The molecule has 0 radical (unpaired) electrons. The maximum absolute atomic E-state index is 13.5. The molecule has 1 atom stereocenters. The Bertz CT molecular complexity index is 1280. The lowest BCUT2D eigenvalue weighted by molar-refractivity contribution is 0.0935. The van der Waals surface area contributed by atoms with Crippen LogP contribution in [0, 0.1) is 6.92 Å². The van der Waals surface area contributed by atoms with Gasteiger partial charge in [-0.25, -0.2) is 18.1 Å². The monoisotopic (exact) mass is 466 g/mol. The van der Waals surface area contributed by atoms with Crippen LogP contribution in [0.1, 0.15) is 67.0 Å². The highest BCUT2D eigenvalue weighted by molar-refractivity contribution is 7.91. The van der Waals surface area contributed by atoms with Crippen LogP contribution in [0.5, 0.6) is 0 Å². The highest BCUT2D eigenvalue weighted by atomic mass is 32.2. The second-order valence-corrected chi connectivity index (χ2v) is 11.6. The molecule has 5 rings (SSSR count). The topological polar surface area (TPSA) is 93.9 Å². The maximum atomic E-state index is 13.5. The zero-order chi connectivity index (χ0) is 23.0. The first-order chi connectivity index (χ1) is 15.9. The largest absolute Gasteiger partial charge is 0.349 e. The third-order valence-corrected chi connectivity index (χ3v) is 8.65. The van der Waals surface area contributed by atoms with Crippen LogP contribution in [0.4, 0.5) is 0 Å². The first kappa shape index (κ1) is 22.1. The number of benzene rings is 1. The van der Waals surface area contributed by atoms with Crippen molar-refractivity contribution in [2.45, 2.75) is 64.0 Å². The molecule has 2 fully saturated rings. The van der Waals surface area contributed by atoms with E-state index >= 15 is 0 Å². The fourth-order valence-electron chi connectivity index (χ4n) is 5.16.